The lowest BCUT2D eigenvalue weighted by Crippen LogP contribution is -2.36. The standard InChI is InChI=1S/C25H31ClN4OS/c26-21-7-2-1-6-18(21)10-15-30-17-28-24-23(25(30)31)20-9-8-19(16-22(20)32-24)27-11-5-14-29-12-3-4-13-29/h1-2,6-7,17,19,27H,3-5,8-16H2. The molecule has 170 valence electrons. The van der Waals surface area contributed by atoms with Gasteiger partial charge in [-0.25, -0.2) is 4.98 Å². The van der Waals surface area contributed by atoms with E-state index in [1.807, 2.05) is 24.3 Å². The van der Waals surface area contributed by atoms with Gasteiger partial charge in [-0.3, -0.25) is 9.36 Å². The van der Waals surface area contributed by atoms with Gasteiger partial charge >= 0.3 is 0 Å². The number of hydrogen-bond acceptors (Lipinski definition) is 5. The fourth-order valence-electron chi connectivity index (χ4n) is 5.09. The Hall–Kier alpha value is -1.73. The lowest BCUT2D eigenvalue weighted by molar-refractivity contribution is 0.325. The number of fused-ring (bicyclic) bond motifs is 3. The van der Waals surface area contributed by atoms with E-state index in [0.29, 0.717) is 12.6 Å². The minimum absolute atomic E-state index is 0.0941. The Balaban J connectivity index is 1.23. The summed E-state index contributed by atoms with van der Waals surface area (Å²) in [5.41, 5.74) is 2.40. The van der Waals surface area contributed by atoms with Gasteiger partial charge in [0.25, 0.3) is 5.56 Å². The summed E-state index contributed by atoms with van der Waals surface area (Å²) < 4.78 is 1.75. The second-order valence-corrected chi connectivity index (χ2v) is 10.6. The molecule has 2 aliphatic rings. The van der Waals surface area contributed by atoms with Gasteiger partial charge in [-0.05, 0) is 88.3 Å². The highest BCUT2D eigenvalue weighted by molar-refractivity contribution is 7.18. The number of halogens is 1. The fraction of sp³-hybridized carbons (Fsp3) is 0.520. The predicted molar refractivity (Wildman–Crippen MR) is 133 cm³/mol. The first-order valence-electron chi connectivity index (χ1n) is 11.9. The Morgan fingerprint density at radius 3 is 2.88 bits per heavy atom. The smallest absolute Gasteiger partial charge is 0.262 e. The number of aryl methyl sites for hydroxylation is 3. The van der Waals surface area contributed by atoms with Crippen LogP contribution in [0.1, 0.15) is 41.7 Å². The Labute approximate surface area is 198 Å². The third-order valence-corrected chi connectivity index (χ3v) is 8.43. The van der Waals surface area contributed by atoms with Crippen LogP contribution in [-0.4, -0.2) is 46.7 Å². The maximum absolute atomic E-state index is 13.3. The lowest BCUT2D eigenvalue weighted by Gasteiger charge is -2.24. The van der Waals surface area contributed by atoms with Gasteiger partial charge in [0.1, 0.15) is 4.83 Å². The molecule has 1 saturated heterocycles. The summed E-state index contributed by atoms with van der Waals surface area (Å²) in [5, 5.41) is 5.36. The summed E-state index contributed by atoms with van der Waals surface area (Å²) in [6, 6.07) is 8.34. The van der Waals surface area contributed by atoms with Crippen molar-refractivity contribution in [2.24, 2.45) is 0 Å². The molecule has 3 heterocycles. The molecule has 32 heavy (non-hydrogen) atoms. The van der Waals surface area contributed by atoms with E-state index in [2.05, 4.69) is 15.2 Å². The molecule has 0 amide bonds. The first-order chi connectivity index (χ1) is 15.7. The predicted octanol–water partition coefficient (Wildman–Crippen LogP) is 4.29. The van der Waals surface area contributed by atoms with E-state index >= 15 is 0 Å². The van der Waals surface area contributed by atoms with Crippen LogP contribution in [0.3, 0.4) is 0 Å². The number of hydrogen-bond donors (Lipinski definition) is 1. The van der Waals surface area contributed by atoms with E-state index in [1.165, 1.54) is 49.3 Å². The Morgan fingerprint density at radius 2 is 2.03 bits per heavy atom. The number of aromatic nitrogens is 2. The molecule has 0 saturated carbocycles. The van der Waals surface area contributed by atoms with Crippen molar-refractivity contribution in [1.29, 1.82) is 0 Å². The zero-order valence-electron chi connectivity index (χ0n) is 18.5. The van der Waals surface area contributed by atoms with Gasteiger partial charge in [-0.15, -0.1) is 11.3 Å². The number of nitrogens with zero attached hydrogens (tertiary/aromatic N) is 3. The maximum atomic E-state index is 13.3. The highest BCUT2D eigenvalue weighted by Gasteiger charge is 2.25. The largest absolute Gasteiger partial charge is 0.314 e. The average Bonchev–Trinajstić information content (AvgIpc) is 3.45. The minimum atomic E-state index is 0.0941. The van der Waals surface area contributed by atoms with Crippen molar-refractivity contribution in [2.75, 3.05) is 26.2 Å². The molecule has 1 aliphatic carbocycles. The number of likely N-dealkylation sites (tertiary alicyclic amines) is 1. The van der Waals surface area contributed by atoms with Crippen LogP contribution in [0, 0.1) is 0 Å². The lowest BCUT2D eigenvalue weighted by atomic mass is 9.93. The molecule has 7 heteroatoms. The summed E-state index contributed by atoms with van der Waals surface area (Å²) in [7, 11) is 0. The molecule has 0 spiro atoms. The van der Waals surface area contributed by atoms with Crippen LogP contribution in [0.4, 0.5) is 0 Å². The molecule has 1 fully saturated rings. The van der Waals surface area contributed by atoms with Gasteiger partial charge in [0.15, 0.2) is 0 Å². The first kappa shape index (κ1) is 22.1. The molecule has 0 bridgehead atoms. The molecule has 3 aromatic rings. The maximum Gasteiger partial charge on any atom is 0.262 e. The van der Waals surface area contributed by atoms with Crippen molar-refractivity contribution in [1.82, 2.24) is 19.8 Å². The van der Waals surface area contributed by atoms with Gasteiger partial charge in [0, 0.05) is 22.5 Å². The summed E-state index contributed by atoms with van der Waals surface area (Å²) in [5.74, 6) is 0. The molecule has 1 unspecified atom stereocenters. The van der Waals surface area contributed by atoms with Crippen molar-refractivity contribution in [3.63, 3.8) is 0 Å². The highest BCUT2D eigenvalue weighted by Crippen LogP contribution is 2.33. The number of thiophene rings is 1. The van der Waals surface area contributed by atoms with E-state index < -0.39 is 0 Å². The summed E-state index contributed by atoms with van der Waals surface area (Å²) in [4.78, 5) is 22.7. The van der Waals surface area contributed by atoms with Gasteiger partial charge in [0.2, 0.25) is 0 Å². The molecule has 1 aromatic carbocycles. The normalized spacial score (nSPS) is 19.0. The molecule has 0 radical (unpaired) electrons. The van der Waals surface area contributed by atoms with E-state index in [1.54, 1.807) is 22.2 Å². The molecule has 2 aromatic heterocycles. The molecule has 5 nitrogen and oxygen atoms in total. The SMILES string of the molecule is O=c1c2c3c(sc2ncn1CCc1ccccc1Cl)CC(NCCCN1CCCC1)CC3. The molecular formula is C25H31ClN4OS. The first-order valence-corrected chi connectivity index (χ1v) is 13.1. The third-order valence-electron chi connectivity index (χ3n) is 6.90. The van der Waals surface area contributed by atoms with Crippen LogP contribution in [0.5, 0.6) is 0 Å². The Bertz CT molecular complexity index is 1130. The number of benzene rings is 1. The summed E-state index contributed by atoms with van der Waals surface area (Å²) in [6.07, 6.45) is 9.44. The Morgan fingerprint density at radius 1 is 1.19 bits per heavy atom. The Kier molecular flexibility index (Phi) is 6.93. The van der Waals surface area contributed by atoms with Gasteiger partial charge in [-0.1, -0.05) is 29.8 Å². The molecule has 5 rings (SSSR count). The van der Waals surface area contributed by atoms with Crippen LogP contribution in [-0.2, 0) is 25.8 Å². The van der Waals surface area contributed by atoms with E-state index in [4.69, 9.17) is 11.6 Å². The zero-order chi connectivity index (χ0) is 21.9. The highest BCUT2D eigenvalue weighted by atomic mass is 35.5. The van der Waals surface area contributed by atoms with Crippen molar-refractivity contribution < 1.29 is 0 Å². The molecule has 1 aliphatic heterocycles. The van der Waals surface area contributed by atoms with Gasteiger partial charge in [0.05, 0.1) is 11.7 Å². The van der Waals surface area contributed by atoms with E-state index in [9.17, 15) is 4.79 Å². The third kappa shape index (κ3) is 4.79. The van der Waals surface area contributed by atoms with Crippen LogP contribution in [0.2, 0.25) is 5.02 Å². The van der Waals surface area contributed by atoms with Crippen LogP contribution in [0.15, 0.2) is 35.4 Å². The van der Waals surface area contributed by atoms with Crippen LogP contribution >= 0.6 is 22.9 Å². The second kappa shape index (κ2) is 10.0. The average molecular weight is 471 g/mol. The zero-order valence-corrected chi connectivity index (χ0v) is 20.1. The molecule has 1 N–H and O–H groups in total. The number of rotatable bonds is 8. The molecular weight excluding hydrogens is 440 g/mol. The topological polar surface area (TPSA) is 50.2 Å². The van der Waals surface area contributed by atoms with E-state index in [-0.39, 0.29) is 5.56 Å². The van der Waals surface area contributed by atoms with Crippen LogP contribution in [0.25, 0.3) is 10.2 Å². The van der Waals surface area contributed by atoms with Gasteiger partial charge < -0.3 is 10.2 Å². The summed E-state index contributed by atoms with van der Waals surface area (Å²) >= 11 is 7.99. The van der Waals surface area contributed by atoms with Crippen molar-refractivity contribution >= 4 is 33.2 Å². The quantitative estimate of drug-likeness (QED) is 0.499. The van der Waals surface area contributed by atoms with E-state index in [0.717, 1.165) is 53.0 Å². The summed E-state index contributed by atoms with van der Waals surface area (Å²) in [6.45, 7) is 5.44. The van der Waals surface area contributed by atoms with Crippen molar-refractivity contribution in [3.8, 4) is 0 Å². The second-order valence-electron chi connectivity index (χ2n) is 9.06. The van der Waals surface area contributed by atoms with Gasteiger partial charge in [-0.2, -0.15) is 0 Å². The number of nitrogens with one attached hydrogen (secondary N) is 1. The monoisotopic (exact) mass is 470 g/mol. The fourth-order valence-corrected chi connectivity index (χ4v) is 6.58. The van der Waals surface area contributed by atoms with Crippen molar-refractivity contribution in [2.45, 2.75) is 57.5 Å². The molecule has 1 atom stereocenters. The van der Waals surface area contributed by atoms with Crippen LogP contribution < -0.4 is 10.9 Å². The van der Waals surface area contributed by atoms with Crippen molar-refractivity contribution in [3.05, 3.63) is 62.0 Å². The minimum Gasteiger partial charge on any atom is -0.314 e.